The van der Waals surface area contributed by atoms with Gasteiger partial charge in [0, 0.05) is 30.3 Å². The van der Waals surface area contributed by atoms with Crippen LogP contribution in [0.4, 0.5) is 5.69 Å². The van der Waals surface area contributed by atoms with Crippen molar-refractivity contribution in [1.82, 2.24) is 10.2 Å². The highest BCUT2D eigenvalue weighted by molar-refractivity contribution is 5.95. The molecule has 0 bridgehead atoms. The number of hydrogen-bond acceptors (Lipinski definition) is 4. The summed E-state index contributed by atoms with van der Waals surface area (Å²) in [5, 5.41) is 14.4. The molecule has 2 aliphatic rings. The number of likely N-dealkylation sites (tertiary alicyclic amines) is 1. The summed E-state index contributed by atoms with van der Waals surface area (Å²) in [6.45, 7) is 5.32. The smallest absolute Gasteiger partial charge is 0.273 e. The molecule has 0 unspecified atom stereocenters. The minimum atomic E-state index is -0.424. The molecule has 2 aliphatic heterocycles. The van der Waals surface area contributed by atoms with E-state index in [2.05, 4.69) is 5.32 Å². The van der Waals surface area contributed by atoms with Gasteiger partial charge in [-0.05, 0) is 57.2 Å². The zero-order valence-corrected chi connectivity index (χ0v) is 14.7. The molecule has 1 aromatic carbocycles. The summed E-state index contributed by atoms with van der Waals surface area (Å²) in [4.78, 5) is 25.1. The van der Waals surface area contributed by atoms with E-state index in [1.807, 2.05) is 4.90 Å². The maximum absolute atomic E-state index is 12.6. The van der Waals surface area contributed by atoms with Gasteiger partial charge in [0.2, 0.25) is 0 Å². The highest BCUT2D eigenvalue weighted by atomic mass is 35.5. The molecule has 0 saturated carbocycles. The highest BCUT2D eigenvalue weighted by Gasteiger charge is 2.37. The summed E-state index contributed by atoms with van der Waals surface area (Å²) in [5.41, 5.74) is 1.41. The first-order valence-electron chi connectivity index (χ1n) is 8.26. The lowest BCUT2D eigenvalue weighted by Crippen LogP contribution is -2.47. The second-order valence-corrected chi connectivity index (χ2v) is 6.80. The highest BCUT2D eigenvalue weighted by Crippen LogP contribution is 2.39. The van der Waals surface area contributed by atoms with Gasteiger partial charge in [0.15, 0.2) is 0 Å². The molecule has 0 aromatic heterocycles. The predicted octanol–water partition coefficient (Wildman–Crippen LogP) is 2.93. The van der Waals surface area contributed by atoms with Gasteiger partial charge in [0.25, 0.3) is 11.6 Å². The maximum Gasteiger partial charge on any atom is 0.273 e. The number of nitrogens with zero attached hydrogens (tertiary/aromatic N) is 2. The number of nitro benzene ring substituents is 1. The van der Waals surface area contributed by atoms with Gasteiger partial charge >= 0.3 is 0 Å². The summed E-state index contributed by atoms with van der Waals surface area (Å²) in [7, 11) is 0. The van der Waals surface area contributed by atoms with Crippen LogP contribution < -0.4 is 5.32 Å². The summed E-state index contributed by atoms with van der Waals surface area (Å²) in [6, 6.07) is 4.76. The topological polar surface area (TPSA) is 75.5 Å². The zero-order valence-electron chi connectivity index (χ0n) is 13.9. The summed E-state index contributed by atoms with van der Waals surface area (Å²) in [5.74, 6) is -0.0862. The fourth-order valence-corrected chi connectivity index (χ4v) is 3.76. The maximum atomic E-state index is 12.6. The number of rotatable bonds is 2. The van der Waals surface area contributed by atoms with Gasteiger partial charge in [-0.2, -0.15) is 0 Å². The molecule has 0 aliphatic carbocycles. The minimum absolute atomic E-state index is 0. The number of nitro groups is 1. The Labute approximate surface area is 148 Å². The van der Waals surface area contributed by atoms with Crippen LogP contribution in [-0.2, 0) is 0 Å². The first kappa shape index (κ1) is 18.7. The number of halogens is 1. The Morgan fingerprint density at radius 1 is 1.21 bits per heavy atom. The average Bonchev–Trinajstić information content (AvgIpc) is 2.56. The van der Waals surface area contributed by atoms with Gasteiger partial charge in [0.1, 0.15) is 0 Å². The molecular weight excluding hydrogens is 330 g/mol. The molecule has 0 radical (unpaired) electrons. The third-order valence-corrected chi connectivity index (χ3v) is 5.43. The number of benzene rings is 1. The van der Waals surface area contributed by atoms with Crippen LogP contribution in [0.15, 0.2) is 18.2 Å². The Hall–Kier alpha value is -1.66. The molecular formula is C17H24ClN3O3. The van der Waals surface area contributed by atoms with Gasteiger partial charge in [0.05, 0.1) is 4.92 Å². The Morgan fingerprint density at radius 2 is 1.83 bits per heavy atom. The Morgan fingerprint density at radius 3 is 2.42 bits per heavy atom. The van der Waals surface area contributed by atoms with Gasteiger partial charge in [-0.3, -0.25) is 14.9 Å². The third-order valence-electron chi connectivity index (χ3n) is 5.43. The van der Waals surface area contributed by atoms with Crippen LogP contribution in [-0.4, -0.2) is 41.9 Å². The summed E-state index contributed by atoms with van der Waals surface area (Å²) in [6.07, 6.45) is 4.44. The lowest BCUT2D eigenvalue weighted by molar-refractivity contribution is -0.385. The van der Waals surface area contributed by atoms with Gasteiger partial charge in [-0.15, -0.1) is 12.4 Å². The van der Waals surface area contributed by atoms with Crippen molar-refractivity contribution in [1.29, 1.82) is 0 Å². The standard InChI is InChI=1S/C17H23N3O3.ClH/c1-13-2-3-14(12-15(13)20(22)23)16(21)19-10-6-17(7-11-19)4-8-18-9-5-17;/h2-3,12,18H,4-11H2,1H3;1H. The van der Waals surface area contributed by atoms with E-state index in [1.54, 1.807) is 19.1 Å². The van der Waals surface area contributed by atoms with Crippen LogP contribution >= 0.6 is 12.4 Å². The molecule has 1 amide bonds. The molecule has 3 rings (SSSR count). The van der Waals surface area contributed by atoms with Crippen LogP contribution in [0, 0.1) is 22.5 Å². The Balaban J connectivity index is 0.00000208. The molecule has 2 saturated heterocycles. The van der Waals surface area contributed by atoms with Crippen molar-refractivity contribution in [2.24, 2.45) is 5.41 Å². The van der Waals surface area contributed by atoms with Crippen LogP contribution in [0.3, 0.4) is 0 Å². The van der Waals surface area contributed by atoms with E-state index < -0.39 is 4.92 Å². The molecule has 6 nitrogen and oxygen atoms in total. The fraction of sp³-hybridized carbons (Fsp3) is 0.588. The van der Waals surface area contributed by atoms with Crippen molar-refractivity contribution in [3.8, 4) is 0 Å². The third kappa shape index (κ3) is 3.70. The number of amides is 1. The molecule has 132 valence electrons. The van der Waals surface area contributed by atoms with E-state index in [0.29, 0.717) is 16.5 Å². The lowest BCUT2D eigenvalue weighted by atomic mass is 9.71. The van der Waals surface area contributed by atoms with Crippen molar-refractivity contribution in [3.05, 3.63) is 39.4 Å². The normalized spacial score (nSPS) is 19.6. The Bertz CT molecular complexity index is 620. The first-order chi connectivity index (χ1) is 11.0. The van der Waals surface area contributed by atoms with Gasteiger partial charge in [-0.25, -0.2) is 0 Å². The molecule has 0 atom stereocenters. The predicted molar refractivity (Wildman–Crippen MR) is 94.8 cm³/mol. The first-order valence-corrected chi connectivity index (χ1v) is 8.26. The van der Waals surface area contributed by atoms with E-state index in [0.717, 1.165) is 39.0 Å². The van der Waals surface area contributed by atoms with E-state index in [-0.39, 0.29) is 24.0 Å². The molecule has 7 heteroatoms. The Kier molecular flexibility index (Phi) is 5.83. The monoisotopic (exact) mass is 353 g/mol. The number of hydrogen-bond donors (Lipinski definition) is 1. The zero-order chi connectivity index (χ0) is 16.4. The second kappa shape index (κ2) is 7.49. The summed E-state index contributed by atoms with van der Waals surface area (Å²) >= 11 is 0. The number of aryl methyl sites for hydroxylation is 1. The minimum Gasteiger partial charge on any atom is -0.339 e. The second-order valence-electron chi connectivity index (χ2n) is 6.80. The van der Waals surface area contributed by atoms with Crippen molar-refractivity contribution >= 4 is 24.0 Å². The van der Waals surface area contributed by atoms with Crippen LogP contribution in [0.1, 0.15) is 41.6 Å². The number of carbonyl (C=O) groups is 1. The molecule has 24 heavy (non-hydrogen) atoms. The van der Waals surface area contributed by atoms with Crippen molar-refractivity contribution in [2.75, 3.05) is 26.2 Å². The van der Waals surface area contributed by atoms with Gasteiger partial charge in [-0.1, -0.05) is 6.07 Å². The van der Waals surface area contributed by atoms with Crippen LogP contribution in [0.5, 0.6) is 0 Å². The number of nitrogens with one attached hydrogen (secondary N) is 1. The van der Waals surface area contributed by atoms with Crippen molar-refractivity contribution < 1.29 is 9.72 Å². The quantitative estimate of drug-likeness (QED) is 0.655. The molecule has 1 spiro atoms. The van der Waals surface area contributed by atoms with E-state index >= 15 is 0 Å². The van der Waals surface area contributed by atoms with Crippen LogP contribution in [0.25, 0.3) is 0 Å². The van der Waals surface area contributed by atoms with E-state index in [4.69, 9.17) is 0 Å². The van der Waals surface area contributed by atoms with Crippen molar-refractivity contribution in [3.63, 3.8) is 0 Å². The molecule has 2 heterocycles. The largest absolute Gasteiger partial charge is 0.339 e. The van der Waals surface area contributed by atoms with E-state index in [1.165, 1.54) is 18.9 Å². The molecule has 1 aromatic rings. The van der Waals surface area contributed by atoms with Gasteiger partial charge < -0.3 is 10.2 Å². The van der Waals surface area contributed by atoms with E-state index in [9.17, 15) is 14.9 Å². The number of carbonyl (C=O) groups excluding carboxylic acids is 1. The molecule has 2 fully saturated rings. The number of piperidine rings is 2. The SMILES string of the molecule is Cc1ccc(C(=O)N2CCC3(CCNCC3)CC2)cc1[N+](=O)[O-].Cl. The molecule has 1 N–H and O–H groups in total. The fourth-order valence-electron chi connectivity index (χ4n) is 3.76. The lowest BCUT2D eigenvalue weighted by Gasteiger charge is -2.44. The van der Waals surface area contributed by atoms with Crippen molar-refractivity contribution in [2.45, 2.75) is 32.6 Å². The summed E-state index contributed by atoms with van der Waals surface area (Å²) < 4.78 is 0. The van der Waals surface area contributed by atoms with Crippen LogP contribution in [0.2, 0.25) is 0 Å². The average molecular weight is 354 g/mol.